The molecule has 2 aromatic carbocycles. The summed E-state index contributed by atoms with van der Waals surface area (Å²) in [4.78, 5) is 12.5. The molecule has 0 spiro atoms. The summed E-state index contributed by atoms with van der Waals surface area (Å²) in [6.45, 7) is 3.90. The third kappa shape index (κ3) is 4.42. The number of aromatic nitrogens is 2. The predicted molar refractivity (Wildman–Crippen MR) is 99.9 cm³/mol. The smallest absolute Gasteiger partial charge is 0.267 e. The molecule has 0 aliphatic heterocycles. The molecule has 3 aromatic rings. The molecule has 5 nitrogen and oxygen atoms in total. The molecule has 1 aromatic heterocycles. The molecule has 0 saturated heterocycles. The maximum atomic E-state index is 12.5. The Morgan fingerprint density at radius 1 is 1.16 bits per heavy atom. The minimum atomic E-state index is -0.578. The van der Waals surface area contributed by atoms with Crippen molar-refractivity contribution in [3.8, 4) is 16.3 Å². The Hall–Kier alpha value is -2.73. The van der Waals surface area contributed by atoms with E-state index in [9.17, 15) is 4.79 Å². The van der Waals surface area contributed by atoms with Crippen LogP contribution in [-0.2, 0) is 4.79 Å². The fourth-order valence-corrected chi connectivity index (χ4v) is 3.08. The highest BCUT2D eigenvalue weighted by Gasteiger charge is 2.20. The molecule has 1 amide bonds. The monoisotopic (exact) mass is 353 g/mol. The van der Waals surface area contributed by atoms with Gasteiger partial charge in [-0.2, -0.15) is 0 Å². The second kappa shape index (κ2) is 7.90. The molecule has 1 unspecified atom stereocenters. The number of hydrogen-bond donors (Lipinski definition) is 1. The van der Waals surface area contributed by atoms with Gasteiger partial charge in [-0.25, -0.2) is 0 Å². The van der Waals surface area contributed by atoms with Crippen LogP contribution in [-0.4, -0.2) is 22.2 Å². The topological polar surface area (TPSA) is 64.1 Å². The summed E-state index contributed by atoms with van der Waals surface area (Å²) < 4.78 is 5.81. The highest BCUT2D eigenvalue weighted by Crippen LogP contribution is 2.26. The van der Waals surface area contributed by atoms with E-state index < -0.39 is 6.10 Å². The maximum absolute atomic E-state index is 12.5. The minimum absolute atomic E-state index is 0.222. The number of ether oxygens (including phenoxy) is 1. The molecular weight excluding hydrogens is 334 g/mol. The first-order chi connectivity index (χ1) is 12.2. The number of aryl methyl sites for hydroxylation is 1. The fourth-order valence-electron chi connectivity index (χ4n) is 2.33. The predicted octanol–water partition coefficient (Wildman–Crippen LogP) is 4.31. The number of anilines is 1. The van der Waals surface area contributed by atoms with Crippen LogP contribution in [0.2, 0.25) is 0 Å². The van der Waals surface area contributed by atoms with Gasteiger partial charge in [0.1, 0.15) is 10.8 Å². The number of nitrogens with zero attached hydrogens (tertiary/aromatic N) is 2. The minimum Gasteiger partial charge on any atom is -0.481 e. The van der Waals surface area contributed by atoms with Gasteiger partial charge in [0, 0.05) is 5.56 Å². The van der Waals surface area contributed by atoms with E-state index in [0.717, 1.165) is 16.1 Å². The van der Waals surface area contributed by atoms with Gasteiger partial charge in [0.15, 0.2) is 6.10 Å². The van der Waals surface area contributed by atoms with Gasteiger partial charge < -0.3 is 4.74 Å². The van der Waals surface area contributed by atoms with Crippen molar-refractivity contribution in [2.24, 2.45) is 0 Å². The number of benzene rings is 2. The molecule has 3 rings (SSSR count). The van der Waals surface area contributed by atoms with Crippen LogP contribution >= 0.6 is 11.3 Å². The first-order valence-electron chi connectivity index (χ1n) is 8.09. The van der Waals surface area contributed by atoms with E-state index in [4.69, 9.17) is 4.74 Å². The molecule has 0 aliphatic rings. The summed E-state index contributed by atoms with van der Waals surface area (Å²) >= 11 is 1.34. The van der Waals surface area contributed by atoms with Crippen molar-refractivity contribution in [3.05, 3.63) is 60.2 Å². The highest BCUT2D eigenvalue weighted by atomic mass is 32.1. The lowest BCUT2D eigenvalue weighted by atomic mass is 10.2. The van der Waals surface area contributed by atoms with Gasteiger partial charge in [-0.3, -0.25) is 10.1 Å². The third-order valence-corrected chi connectivity index (χ3v) is 4.49. The zero-order valence-corrected chi connectivity index (χ0v) is 14.9. The molecule has 1 heterocycles. The van der Waals surface area contributed by atoms with E-state index in [1.54, 1.807) is 0 Å². The first kappa shape index (κ1) is 17.1. The van der Waals surface area contributed by atoms with E-state index in [1.807, 2.05) is 68.4 Å². The molecule has 1 atom stereocenters. The van der Waals surface area contributed by atoms with E-state index in [0.29, 0.717) is 17.3 Å². The summed E-state index contributed by atoms with van der Waals surface area (Å²) in [6.07, 6.45) is -0.0182. The molecule has 0 radical (unpaired) electrons. The van der Waals surface area contributed by atoms with Gasteiger partial charge in [-0.05, 0) is 31.0 Å². The van der Waals surface area contributed by atoms with Crippen molar-refractivity contribution in [1.29, 1.82) is 0 Å². The number of carbonyl (C=O) groups excluding carboxylic acids is 1. The van der Waals surface area contributed by atoms with Crippen molar-refractivity contribution in [2.45, 2.75) is 26.4 Å². The Labute approximate surface area is 150 Å². The molecular formula is C19H19N3O2S. The van der Waals surface area contributed by atoms with Crippen molar-refractivity contribution in [2.75, 3.05) is 5.32 Å². The van der Waals surface area contributed by atoms with Gasteiger partial charge in [-0.1, -0.05) is 60.7 Å². The van der Waals surface area contributed by atoms with Crippen molar-refractivity contribution in [1.82, 2.24) is 10.2 Å². The molecule has 6 heteroatoms. The molecule has 0 fully saturated rings. The first-order valence-corrected chi connectivity index (χ1v) is 8.90. The summed E-state index contributed by atoms with van der Waals surface area (Å²) in [5.41, 5.74) is 2.06. The average molecular weight is 353 g/mol. The summed E-state index contributed by atoms with van der Waals surface area (Å²) in [7, 11) is 0. The van der Waals surface area contributed by atoms with Crippen LogP contribution in [0.25, 0.3) is 10.6 Å². The zero-order chi connectivity index (χ0) is 17.6. The van der Waals surface area contributed by atoms with Gasteiger partial charge in [-0.15, -0.1) is 10.2 Å². The standard InChI is InChI=1S/C19H19N3O2S/c1-3-16(24-15-11-7-8-13(2)12-15)17(23)20-19-22-21-18(25-19)14-9-5-4-6-10-14/h4-12,16H,3H2,1-2H3,(H,20,22,23). The fraction of sp³-hybridized carbons (Fsp3) is 0.211. The molecule has 0 saturated carbocycles. The van der Waals surface area contributed by atoms with Crippen LogP contribution < -0.4 is 10.1 Å². The number of carbonyl (C=O) groups is 1. The van der Waals surface area contributed by atoms with Crippen LogP contribution in [0.3, 0.4) is 0 Å². The Balaban J connectivity index is 1.67. The number of rotatable bonds is 6. The molecule has 128 valence electrons. The van der Waals surface area contributed by atoms with Crippen molar-refractivity contribution >= 4 is 22.4 Å². The van der Waals surface area contributed by atoms with Crippen LogP contribution in [0.1, 0.15) is 18.9 Å². The molecule has 0 aliphatic carbocycles. The molecule has 25 heavy (non-hydrogen) atoms. The average Bonchev–Trinajstić information content (AvgIpc) is 3.09. The van der Waals surface area contributed by atoms with Crippen LogP contribution in [0.4, 0.5) is 5.13 Å². The van der Waals surface area contributed by atoms with E-state index in [1.165, 1.54) is 11.3 Å². The second-order valence-corrected chi connectivity index (χ2v) is 6.58. The second-order valence-electron chi connectivity index (χ2n) is 5.60. The zero-order valence-electron chi connectivity index (χ0n) is 14.1. The lowest BCUT2D eigenvalue weighted by Crippen LogP contribution is -2.32. The normalized spacial score (nSPS) is 11.8. The Bertz CT molecular complexity index is 849. The van der Waals surface area contributed by atoms with Crippen LogP contribution in [0, 0.1) is 6.92 Å². The Morgan fingerprint density at radius 2 is 1.96 bits per heavy atom. The summed E-state index contributed by atoms with van der Waals surface area (Å²) in [5.74, 6) is 0.462. The molecule has 0 bridgehead atoms. The molecule has 1 N–H and O–H groups in total. The van der Waals surface area contributed by atoms with Gasteiger partial charge >= 0.3 is 0 Å². The van der Waals surface area contributed by atoms with Crippen LogP contribution in [0.15, 0.2) is 54.6 Å². The number of hydrogen-bond acceptors (Lipinski definition) is 5. The van der Waals surface area contributed by atoms with Crippen LogP contribution in [0.5, 0.6) is 5.75 Å². The highest BCUT2D eigenvalue weighted by molar-refractivity contribution is 7.18. The quantitative estimate of drug-likeness (QED) is 0.717. The lowest BCUT2D eigenvalue weighted by Gasteiger charge is -2.16. The van der Waals surface area contributed by atoms with Crippen molar-refractivity contribution in [3.63, 3.8) is 0 Å². The van der Waals surface area contributed by atoms with E-state index in [2.05, 4.69) is 15.5 Å². The number of nitrogens with one attached hydrogen (secondary N) is 1. The summed E-state index contributed by atoms with van der Waals surface area (Å²) in [5, 5.41) is 12.2. The SMILES string of the molecule is CCC(Oc1cccc(C)c1)C(=O)Nc1nnc(-c2ccccc2)s1. The summed E-state index contributed by atoms with van der Waals surface area (Å²) in [6, 6.07) is 17.4. The largest absolute Gasteiger partial charge is 0.481 e. The van der Waals surface area contributed by atoms with E-state index in [-0.39, 0.29) is 5.91 Å². The number of amides is 1. The lowest BCUT2D eigenvalue weighted by molar-refractivity contribution is -0.122. The maximum Gasteiger partial charge on any atom is 0.267 e. The van der Waals surface area contributed by atoms with E-state index >= 15 is 0 Å². The Morgan fingerprint density at radius 3 is 2.68 bits per heavy atom. The van der Waals surface area contributed by atoms with Gasteiger partial charge in [0.2, 0.25) is 5.13 Å². The van der Waals surface area contributed by atoms with Gasteiger partial charge in [0.25, 0.3) is 5.91 Å². The third-order valence-electron chi connectivity index (χ3n) is 3.61. The Kier molecular flexibility index (Phi) is 5.40. The van der Waals surface area contributed by atoms with Gasteiger partial charge in [0.05, 0.1) is 0 Å². The van der Waals surface area contributed by atoms with Crippen molar-refractivity contribution < 1.29 is 9.53 Å².